The minimum atomic E-state index is 0.296. The normalized spacial score (nSPS) is 11.8. The van der Waals surface area contributed by atoms with E-state index in [0.29, 0.717) is 16.6 Å². The summed E-state index contributed by atoms with van der Waals surface area (Å²) in [6.07, 6.45) is 11.9. The molecule has 6 nitrogen and oxygen atoms in total. The number of benzene rings is 2. The van der Waals surface area contributed by atoms with E-state index in [1.807, 2.05) is 52.8 Å². The van der Waals surface area contributed by atoms with Gasteiger partial charge in [-0.25, -0.2) is 4.68 Å². The van der Waals surface area contributed by atoms with Gasteiger partial charge in [0.25, 0.3) is 0 Å². The first kappa shape index (κ1) is 23.7. The molecule has 1 heterocycles. The van der Waals surface area contributed by atoms with E-state index in [9.17, 15) is 5.11 Å². The molecular weight excluding hydrogens is 418 g/mol. The highest BCUT2D eigenvalue weighted by molar-refractivity contribution is 8.00. The summed E-state index contributed by atoms with van der Waals surface area (Å²) in [5.41, 5.74) is 1.64. The Bertz CT molecular complexity index is 952. The molecule has 7 heteroatoms. The van der Waals surface area contributed by atoms with E-state index in [1.54, 1.807) is 24.8 Å². The Morgan fingerprint density at radius 1 is 0.969 bits per heavy atom. The van der Waals surface area contributed by atoms with Crippen LogP contribution in [0.5, 0.6) is 5.75 Å². The van der Waals surface area contributed by atoms with Crippen molar-refractivity contribution in [2.75, 3.05) is 11.6 Å². The Morgan fingerprint density at radius 3 is 2.31 bits per heavy atom. The molecule has 0 radical (unpaired) electrons. The SMILES string of the molecule is CCCCCCCC(CCN(c1ccc(C#N)cc1)n1cnnc1)Sc1ccc(O)cc1. The first-order chi connectivity index (χ1) is 15.7. The summed E-state index contributed by atoms with van der Waals surface area (Å²) >= 11 is 1.88. The van der Waals surface area contributed by atoms with Crippen LogP contribution in [0.15, 0.2) is 66.1 Å². The molecule has 32 heavy (non-hydrogen) atoms. The van der Waals surface area contributed by atoms with Gasteiger partial charge in [0.15, 0.2) is 0 Å². The van der Waals surface area contributed by atoms with Gasteiger partial charge in [0.2, 0.25) is 0 Å². The third-order valence-electron chi connectivity index (χ3n) is 5.41. The predicted octanol–water partition coefficient (Wildman–Crippen LogP) is 6.04. The zero-order valence-corrected chi connectivity index (χ0v) is 19.4. The van der Waals surface area contributed by atoms with E-state index in [1.165, 1.54) is 37.0 Å². The fraction of sp³-hybridized carbons (Fsp3) is 0.400. The van der Waals surface area contributed by atoms with Crippen LogP contribution in [0.1, 0.15) is 57.4 Å². The summed E-state index contributed by atoms with van der Waals surface area (Å²) in [5.74, 6) is 0.296. The zero-order chi connectivity index (χ0) is 22.6. The van der Waals surface area contributed by atoms with Crippen LogP contribution in [0.2, 0.25) is 0 Å². The topological polar surface area (TPSA) is 78.0 Å². The van der Waals surface area contributed by atoms with Crippen LogP contribution in [0.3, 0.4) is 0 Å². The highest BCUT2D eigenvalue weighted by Gasteiger charge is 2.16. The molecule has 0 saturated heterocycles. The second-order valence-electron chi connectivity index (χ2n) is 7.85. The minimum Gasteiger partial charge on any atom is -0.508 e. The quantitative estimate of drug-likeness (QED) is 0.253. The molecule has 0 aliphatic heterocycles. The maximum Gasteiger partial charge on any atom is 0.139 e. The molecule has 0 aliphatic rings. The number of aromatic hydroxyl groups is 1. The van der Waals surface area contributed by atoms with Crippen LogP contribution in [0.25, 0.3) is 0 Å². The van der Waals surface area contributed by atoms with Gasteiger partial charge in [-0.3, -0.25) is 5.01 Å². The molecule has 0 amide bonds. The number of phenolic OH excluding ortho intramolecular Hbond substituents is 1. The standard InChI is InChI=1S/C25H31N5OS/c1-2-3-4-5-6-7-24(32-25-14-12-23(31)13-15-25)16-17-30(29-19-27-28-20-29)22-10-8-21(18-26)9-11-22/h8-15,19-20,24,31H,2-7,16-17H2,1H3. The molecule has 1 N–H and O–H groups in total. The first-order valence-corrected chi connectivity index (χ1v) is 12.2. The van der Waals surface area contributed by atoms with Gasteiger partial charge in [-0.05, 0) is 61.4 Å². The lowest BCUT2D eigenvalue weighted by molar-refractivity contribution is 0.475. The number of phenols is 1. The Balaban J connectivity index is 1.69. The third kappa shape index (κ3) is 7.31. The van der Waals surface area contributed by atoms with Crippen molar-refractivity contribution < 1.29 is 5.11 Å². The second kappa shape index (κ2) is 12.8. The van der Waals surface area contributed by atoms with Crippen LogP contribution >= 0.6 is 11.8 Å². The number of aromatic nitrogens is 3. The van der Waals surface area contributed by atoms with Crippen molar-refractivity contribution in [3.05, 3.63) is 66.7 Å². The molecule has 3 rings (SSSR count). The van der Waals surface area contributed by atoms with Crippen molar-refractivity contribution in [3.8, 4) is 11.8 Å². The van der Waals surface area contributed by atoms with Crippen molar-refractivity contribution in [3.63, 3.8) is 0 Å². The smallest absolute Gasteiger partial charge is 0.139 e. The number of anilines is 1. The lowest BCUT2D eigenvalue weighted by Gasteiger charge is -2.27. The molecule has 2 aromatic carbocycles. The van der Waals surface area contributed by atoms with E-state index in [4.69, 9.17) is 5.26 Å². The van der Waals surface area contributed by atoms with Crippen LogP contribution in [0.4, 0.5) is 5.69 Å². The molecule has 1 unspecified atom stereocenters. The van der Waals surface area contributed by atoms with Crippen molar-refractivity contribution in [2.45, 2.75) is 62.0 Å². The highest BCUT2D eigenvalue weighted by atomic mass is 32.2. The van der Waals surface area contributed by atoms with Crippen LogP contribution in [-0.4, -0.2) is 31.8 Å². The molecule has 168 valence electrons. The summed E-state index contributed by atoms with van der Waals surface area (Å²) in [6, 6.07) is 17.3. The number of rotatable bonds is 13. The Labute approximate surface area is 194 Å². The maximum atomic E-state index is 9.61. The first-order valence-electron chi connectivity index (χ1n) is 11.3. The van der Waals surface area contributed by atoms with Crippen molar-refractivity contribution >= 4 is 17.4 Å². The van der Waals surface area contributed by atoms with E-state index >= 15 is 0 Å². The zero-order valence-electron chi connectivity index (χ0n) is 18.6. The van der Waals surface area contributed by atoms with Crippen molar-refractivity contribution in [1.29, 1.82) is 5.26 Å². The maximum absolute atomic E-state index is 9.61. The van der Waals surface area contributed by atoms with E-state index in [2.05, 4.69) is 28.2 Å². The van der Waals surface area contributed by atoms with Crippen molar-refractivity contribution in [2.24, 2.45) is 0 Å². The van der Waals surface area contributed by atoms with Crippen molar-refractivity contribution in [1.82, 2.24) is 14.9 Å². The molecule has 1 aromatic heterocycles. The van der Waals surface area contributed by atoms with Gasteiger partial charge in [-0.15, -0.1) is 22.0 Å². The molecule has 1 atom stereocenters. The fourth-order valence-corrected chi connectivity index (χ4v) is 4.81. The number of unbranched alkanes of at least 4 members (excludes halogenated alkanes) is 4. The van der Waals surface area contributed by atoms with E-state index in [0.717, 1.165) is 25.1 Å². The van der Waals surface area contributed by atoms with Gasteiger partial charge in [-0.2, -0.15) is 5.26 Å². The average molecular weight is 450 g/mol. The number of hydrogen-bond donors (Lipinski definition) is 1. The number of nitriles is 1. The second-order valence-corrected chi connectivity index (χ2v) is 9.22. The van der Waals surface area contributed by atoms with Gasteiger partial charge < -0.3 is 5.11 Å². The lowest BCUT2D eigenvalue weighted by atomic mass is 10.1. The molecule has 3 aromatic rings. The third-order valence-corrected chi connectivity index (χ3v) is 6.76. The summed E-state index contributed by atoms with van der Waals surface area (Å²) in [6.45, 7) is 3.04. The molecule has 0 bridgehead atoms. The Morgan fingerprint density at radius 2 is 1.66 bits per heavy atom. The van der Waals surface area contributed by atoms with Crippen LogP contribution < -0.4 is 5.01 Å². The predicted molar refractivity (Wildman–Crippen MR) is 130 cm³/mol. The van der Waals surface area contributed by atoms with Crippen LogP contribution in [-0.2, 0) is 0 Å². The highest BCUT2D eigenvalue weighted by Crippen LogP contribution is 2.31. The summed E-state index contributed by atoms with van der Waals surface area (Å²) < 4.78 is 1.89. The Kier molecular flexibility index (Phi) is 9.45. The van der Waals surface area contributed by atoms with Gasteiger partial charge >= 0.3 is 0 Å². The minimum absolute atomic E-state index is 0.296. The molecule has 0 aliphatic carbocycles. The summed E-state index contributed by atoms with van der Waals surface area (Å²) in [4.78, 5) is 1.18. The summed E-state index contributed by atoms with van der Waals surface area (Å²) in [7, 11) is 0. The van der Waals surface area contributed by atoms with Gasteiger partial charge in [0.1, 0.15) is 18.4 Å². The van der Waals surface area contributed by atoms with E-state index in [-0.39, 0.29) is 0 Å². The van der Waals surface area contributed by atoms with E-state index < -0.39 is 0 Å². The van der Waals surface area contributed by atoms with Gasteiger partial charge in [0, 0.05) is 16.7 Å². The lowest BCUT2D eigenvalue weighted by Crippen LogP contribution is -2.31. The Hall–Kier alpha value is -2.98. The number of nitrogens with zero attached hydrogens (tertiary/aromatic N) is 5. The largest absolute Gasteiger partial charge is 0.508 e. The molecule has 0 spiro atoms. The molecule has 0 fully saturated rings. The summed E-state index contributed by atoms with van der Waals surface area (Å²) in [5, 5.41) is 29.3. The number of hydrogen-bond acceptors (Lipinski definition) is 6. The molecular formula is C25H31N5OS. The van der Waals surface area contributed by atoms with Gasteiger partial charge in [0.05, 0.1) is 17.3 Å². The van der Waals surface area contributed by atoms with Crippen LogP contribution in [0, 0.1) is 11.3 Å². The fourth-order valence-electron chi connectivity index (χ4n) is 3.63. The van der Waals surface area contributed by atoms with Gasteiger partial charge in [-0.1, -0.05) is 39.0 Å². The average Bonchev–Trinajstić information content (AvgIpc) is 3.35. The number of thioether (sulfide) groups is 1. The monoisotopic (exact) mass is 449 g/mol. The molecule has 0 saturated carbocycles.